The van der Waals surface area contributed by atoms with Crippen molar-refractivity contribution >= 4 is 27.9 Å². The monoisotopic (exact) mass is 404 g/mol. The number of rotatable bonds is 5. The predicted molar refractivity (Wildman–Crippen MR) is 101 cm³/mol. The Morgan fingerprint density at radius 2 is 1.68 bits per heavy atom. The first-order chi connectivity index (χ1) is 13.4. The van der Waals surface area contributed by atoms with Gasteiger partial charge in [0.1, 0.15) is 5.82 Å². The van der Waals surface area contributed by atoms with Crippen molar-refractivity contribution in [3.63, 3.8) is 0 Å². The van der Waals surface area contributed by atoms with Crippen LogP contribution in [0.2, 0.25) is 0 Å². The average Bonchev–Trinajstić information content (AvgIpc) is 2.69. The maximum atomic E-state index is 13.2. The van der Waals surface area contributed by atoms with E-state index in [0.717, 1.165) is 0 Å². The Morgan fingerprint density at radius 1 is 1.04 bits per heavy atom. The number of benzene rings is 3. The van der Waals surface area contributed by atoms with Crippen LogP contribution in [0.15, 0.2) is 52.3 Å². The van der Waals surface area contributed by atoms with E-state index in [9.17, 15) is 18.8 Å². The highest BCUT2D eigenvalue weighted by atomic mass is 32.2. The van der Waals surface area contributed by atoms with Crippen LogP contribution in [0.25, 0.3) is 10.8 Å². The minimum atomic E-state index is -1.75. The number of esters is 1. The topological polar surface area (TPSA) is 88.1 Å². The molecule has 0 saturated heterocycles. The lowest BCUT2D eigenvalue weighted by Gasteiger charge is -2.19. The summed E-state index contributed by atoms with van der Waals surface area (Å²) < 4.78 is 42.3. The summed E-state index contributed by atoms with van der Waals surface area (Å²) in [6, 6.07) is 9.94. The van der Waals surface area contributed by atoms with Gasteiger partial charge in [0.25, 0.3) is 0 Å². The smallest absolute Gasteiger partial charge is 0.308 e. The van der Waals surface area contributed by atoms with Crippen LogP contribution in [-0.4, -0.2) is 29.8 Å². The van der Waals surface area contributed by atoms with Crippen molar-refractivity contribution in [2.45, 2.75) is 16.7 Å². The fraction of sp³-hybridized carbons (Fsp3) is 0.150. The fourth-order valence-electron chi connectivity index (χ4n) is 2.86. The van der Waals surface area contributed by atoms with Crippen LogP contribution in [0.4, 0.5) is 4.39 Å². The van der Waals surface area contributed by atoms with Crippen molar-refractivity contribution in [2.24, 2.45) is 0 Å². The van der Waals surface area contributed by atoms with Crippen LogP contribution < -0.4 is 14.2 Å². The van der Waals surface area contributed by atoms with Crippen molar-refractivity contribution < 1.29 is 33.1 Å². The van der Waals surface area contributed by atoms with Crippen LogP contribution in [0, 0.1) is 5.82 Å². The molecule has 0 radical (unpaired) electrons. The third-order valence-electron chi connectivity index (χ3n) is 4.02. The standard InChI is InChI=1S/C20H17FO6S/c1-11(22)27-18-16-14(17(23)19(25-2)20(18)26-3)5-4-6-15(16)28(24)13-9-7-12(21)8-10-13/h4-10,23H,1-3H3. The van der Waals surface area contributed by atoms with Gasteiger partial charge in [0.05, 0.1) is 19.6 Å². The van der Waals surface area contributed by atoms with Crippen molar-refractivity contribution in [1.29, 1.82) is 0 Å². The zero-order valence-electron chi connectivity index (χ0n) is 15.3. The number of fused-ring (bicyclic) bond motifs is 1. The molecule has 1 unspecified atom stereocenters. The molecule has 146 valence electrons. The molecule has 0 bridgehead atoms. The van der Waals surface area contributed by atoms with Gasteiger partial charge >= 0.3 is 5.97 Å². The maximum absolute atomic E-state index is 13.2. The molecule has 1 atom stereocenters. The van der Waals surface area contributed by atoms with E-state index in [1.807, 2.05) is 0 Å². The normalized spacial score (nSPS) is 11.9. The zero-order chi connectivity index (χ0) is 20.4. The third-order valence-corrected chi connectivity index (χ3v) is 5.46. The van der Waals surface area contributed by atoms with E-state index < -0.39 is 23.0 Å². The van der Waals surface area contributed by atoms with Gasteiger partial charge in [-0.25, -0.2) is 4.39 Å². The van der Waals surface area contributed by atoms with Crippen molar-refractivity contribution in [2.75, 3.05) is 14.2 Å². The summed E-state index contributed by atoms with van der Waals surface area (Å²) in [6.45, 7) is 1.21. The first-order valence-electron chi connectivity index (χ1n) is 8.14. The molecule has 0 fully saturated rings. The molecule has 0 aliphatic carbocycles. The molecule has 0 aliphatic rings. The highest BCUT2D eigenvalue weighted by Crippen LogP contribution is 2.52. The Balaban J connectivity index is 2.36. The van der Waals surface area contributed by atoms with E-state index >= 15 is 0 Å². The summed E-state index contributed by atoms with van der Waals surface area (Å²) in [5.74, 6) is -1.38. The van der Waals surface area contributed by atoms with Crippen LogP contribution in [0.5, 0.6) is 23.0 Å². The Bertz CT molecular complexity index is 1040. The number of hydrogen-bond donors (Lipinski definition) is 1. The van der Waals surface area contributed by atoms with Crippen LogP contribution in [0.3, 0.4) is 0 Å². The molecule has 1 N–H and O–H groups in total. The molecular weight excluding hydrogens is 387 g/mol. The van der Waals surface area contributed by atoms with Crippen LogP contribution >= 0.6 is 0 Å². The number of carbonyl (C=O) groups is 1. The highest BCUT2D eigenvalue weighted by molar-refractivity contribution is 7.91. The molecule has 3 aromatic carbocycles. The lowest BCUT2D eigenvalue weighted by molar-refractivity contribution is -0.131. The van der Waals surface area contributed by atoms with Gasteiger partial charge in [0, 0.05) is 23.5 Å². The quantitative estimate of drug-likeness (QED) is 0.395. The molecular formula is C20H17FO6S. The summed E-state index contributed by atoms with van der Waals surface area (Å²) in [5, 5.41) is 11.1. The number of carbonyl (C=O) groups excluding carboxylic acids is 1. The molecule has 0 spiro atoms. The van der Waals surface area contributed by atoms with Crippen LogP contribution in [0.1, 0.15) is 6.92 Å². The predicted octanol–water partition coefficient (Wildman–Crippen LogP) is 3.79. The Hall–Kier alpha value is -2.97. The number of aromatic hydroxyl groups is 1. The second-order valence-corrected chi connectivity index (χ2v) is 7.19. The molecule has 0 saturated carbocycles. The number of halogens is 1. The van der Waals surface area contributed by atoms with Crippen molar-refractivity contribution in [1.82, 2.24) is 0 Å². The van der Waals surface area contributed by atoms with Gasteiger partial charge in [-0.2, -0.15) is 0 Å². The van der Waals surface area contributed by atoms with E-state index in [1.165, 1.54) is 45.4 Å². The van der Waals surface area contributed by atoms with E-state index in [2.05, 4.69) is 0 Å². The molecule has 28 heavy (non-hydrogen) atoms. The highest BCUT2D eigenvalue weighted by Gasteiger charge is 2.29. The van der Waals surface area contributed by atoms with Gasteiger partial charge in [-0.15, -0.1) is 0 Å². The van der Waals surface area contributed by atoms with E-state index in [4.69, 9.17) is 14.2 Å². The Morgan fingerprint density at radius 3 is 2.25 bits per heavy atom. The summed E-state index contributed by atoms with van der Waals surface area (Å²) in [4.78, 5) is 12.3. The zero-order valence-corrected chi connectivity index (χ0v) is 16.1. The van der Waals surface area contributed by atoms with E-state index in [1.54, 1.807) is 18.2 Å². The number of methoxy groups -OCH3 is 2. The summed E-state index contributed by atoms with van der Waals surface area (Å²) >= 11 is -1.75. The minimum Gasteiger partial charge on any atom is -0.606 e. The molecule has 3 rings (SSSR count). The number of phenols is 1. The lowest BCUT2D eigenvalue weighted by atomic mass is 10.1. The van der Waals surface area contributed by atoms with Gasteiger partial charge < -0.3 is 23.9 Å². The Labute approximate surface area is 163 Å². The van der Waals surface area contributed by atoms with Gasteiger partial charge in [-0.05, 0) is 36.4 Å². The molecule has 3 aromatic rings. The van der Waals surface area contributed by atoms with Gasteiger partial charge in [0.2, 0.25) is 11.5 Å². The number of ether oxygens (including phenoxy) is 3. The van der Waals surface area contributed by atoms with Gasteiger partial charge in [-0.3, -0.25) is 4.79 Å². The van der Waals surface area contributed by atoms with E-state index in [0.29, 0.717) is 4.90 Å². The summed E-state index contributed by atoms with van der Waals surface area (Å²) in [6.07, 6.45) is 0. The third kappa shape index (κ3) is 3.44. The maximum Gasteiger partial charge on any atom is 0.308 e. The summed E-state index contributed by atoms with van der Waals surface area (Å²) in [5.41, 5.74) is 0. The minimum absolute atomic E-state index is 0.00810. The average molecular weight is 404 g/mol. The lowest BCUT2D eigenvalue weighted by Crippen LogP contribution is -2.08. The number of phenolic OH excluding ortho intramolecular Hbond substituents is 1. The van der Waals surface area contributed by atoms with Crippen molar-refractivity contribution in [3.8, 4) is 23.0 Å². The first-order valence-corrected chi connectivity index (χ1v) is 9.29. The molecule has 8 heteroatoms. The first kappa shape index (κ1) is 19.8. The largest absolute Gasteiger partial charge is 0.606 e. The van der Waals surface area contributed by atoms with Crippen molar-refractivity contribution in [3.05, 3.63) is 48.3 Å². The fourth-order valence-corrected chi connectivity index (χ4v) is 4.09. The van der Waals surface area contributed by atoms with Gasteiger partial charge in [-0.1, -0.05) is 6.07 Å². The summed E-state index contributed by atoms with van der Waals surface area (Å²) in [7, 11) is 2.66. The van der Waals surface area contributed by atoms with E-state index in [-0.39, 0.29) is 38.7 Å². The SMILES string of the molecule is COc1c(OC)c(OC(C)=O)c2c([S+]([O-])c3ccc(F)cc3)cccc2c1O. The second kappa shape index (κ2) is 7.95. The van der Waals surface area contributed by atoms with Crippen LogP contribution in [-0.2, 0) is 16.0 Å². The second-order valence-electron chi connectivity index (χ2n) is 5.74. The molecule has 6 nitrogen and oxygen atoms in total. The van der Waals surface area contributed by atoms with Gasteiger partial charge in [0.15, 0.2) is 21.3 Å². The molecule has 0 aromatic heterocycles. The molecule has 0 amide bonds. The molecule has 0 heterocycles. The number of hydrogen-bond acceptors (Lipinski definition) is 6. The molecule has 0 aliphatic heterocycles. The Kier molecular flexibility index (Phi) is 5.62.